The normalized spacial score (nSPS) is 11.9. The van der Waals surface area contributed by atoms with Crippen LogP contribution in [0.25, 0.3) is 0 Å². The largest absolute Gasteiger partial charge is 0.361 e. The van der Waals surface area contributed by atoms with Crippen molar-refractivity contribution >= 4 is 5.96 Å². The van der Waals surface area contributed by atoms with Gasteiger partial charge in [-0.05, 0) is 45.1 Å². The summed E-state index contributed by atoms with van der Waals surface area (Å²) in [4.78, 5) is 6.60. The monoisotopic (exact) mass is 389 g/mol. The molecule has 1 heterocycles. The molecule has 0 aliphatic heterocycles. The summed E-state index contributed by atoms with van der Waals surface area (Å²) in [5, 5.41) is 10.8. The number of nitrogens with zero attached hydrogens (tertiary/aromatic N) is 3. The Labute approximate surface area is 167 Å². The quantitative estimate of drug-likeness (QED) is 0.509. The number of rotatable bonds is 9. The number of aryl methyl sites for hydroxylation is 2. The molecule has 0 unspecified atom stereocenters. The van der Waals surface area contributed by atoms with Crippen LogP contribution in [0.3, 0.4) is 0 Å². The molecule has 154 valence electrons. The Kier molecular flexibility index (Phi) is 8.44. The molecule has 0 saturated heterocycles. The van der Waals surface area contributed by atoms with Crippen LogP contribution in [0, 0.1) is 5.82 Å². The van der Waals surface area contributed by atoms with Crippen molar-refractivity contribution in [3.8, 4) is 0 Å². The average Bonchev–Trinajstić information content (AvgIpc) is 3.07. The lowest BCUT2D eigenvalue weighted by molar-refractivity contribution is 0.380. The molecular formula is C21H32FN5O. The zero-order valence-corrected chi connectivity index (χ0v) is 17.6. The van der Waals surface area contributed by atoms with Gasteiger partial charge in [0.15, 0.2) is 5.96 Å². The van der Waals surface area contributed by atoms with Crippen molar-refractivity contribution in [2.45, 2.75) is 53.2 Å². The summed E-state index contributed by atoms with van der Waals surface area (Å²) < 4.78 is 19.4. The first-order valence-electron chi connectivity index (χ1n) is 9.88. The Morgan fingerprint density at radius 2 is 1.96 bits per heavy atom. The zero-order chi connectivity index (χ0) is 20.5. The predicted molar refractivity (Wildman–Crippen MR) is 111 cm³/mol. The Hall–Kier alpha value is -2.41. The van der Waals surface area contributed by atoms with Gasteiger partial charge < -0.3 is 20.1 Å². The van der Waals surface area contributed by atoms with Gasteiger partial charge in [0.1, 0.15) is 11.6 Å². The van der Waals surface area contributed by atoms with Crippen LogP contribution >= 0.6 is 0 Å². The van der Waals surface area contributed by atoms with E-state index in [0.29, 0.717) is 31.2 Å². The lowest BCUT2D eigenvalue weighted by Crippen LogP contribution is -2.37. The minimum Gasteiger partial charge on any atom is -0.361 e. The molecule has 0 amide bonds. The molecule has 0 bridgehead atoms. The third-order valence-corrected chi connectivity index (χ3v) is 4.40. The zero-order valence-electron chi connectivity index (χ0n) is 17.6. The highest BCUT2D eigenvalue weighted by molar-refractivity contribution is 5.79. The third-order valence-electron chi connectivity index (χ3n) is 4.40. The molecule has 1 aromatic heterocycles. The van der Waals surface area contributed by atoms with Crippen LogP contribution in [0.4, 0.5) is 4.39 Å². The Bertz CT molecular complexity index is 764. The summed E-state index contributed by atoms with van der Waals surface area (Å²) in [5.41, 5.74) is 3.74. The maximum absolute atomic E-state index is 14.0. The summed E-state index contributed by atoms with van der Waals surface area (Å²) in [5.74, 6) is 1.44. The second-order valence-corrected chi connectivity index (χ2v) is 6.95. The summed E-state index contributed by atoms with van der Waals surface area (Å²) in [6.45, 7) is 8.56. The van der Waals surface area contributed by atoms with Crippen molar-refractivity contribution in [1.82, 2.24) is 20.7 Å². The Morgan fingerprint density at radius 3 is 2.61 bits per heavy atom. The highest BCUT2D eigenvalue weighted by Gasteiger charge is 2.13. The molecule has 28 heavy (non-hydrogen) atoms. The van der Waals surface area contributed by atoms with Crippen LogP contribution in [-0.4, -0.2) is 36.7 Å². The second-order valence-electron chi connectivity index (χ2n) is 6.95. The van der Waals surface area contributed by atoms with Crippen molar-refractivity contribution in [2.75, 3.05) is 20.6 Å². The van der Waals surface area contributed by atoms with Gasteiger partial charge in [-0.15, -0.1) is 0 Å². The van der Waals surface area contributed by atoms with Gasteiger partial charge in [0.2, 0.25) is 0 Å². The van der Waals surface area contributed by atoms with E-state index < -0.39 is 0 Å². The topological polar surface area (TPSA) is 65.7 Å². The second kappa shape index (κ2) is 10.8. The van der Waals surface area contributed by atoms with Gasteiger partial charge in [-0.2, -0.15) is 0 Å². The van der Waals surface area contributed by atoms with Crippen LogP contribution in [-0.2, 0) is 32.5 Å². The third kappa shape index (κ3) is 6.05. The molecule has 7 heteroatoms. The predicted octanol–water partition coefficient (Wildman–Crippen LogP) is 3.26. The Morgan fingerprint density at radius 1 is 1.18 bits per heavy atom. The van der Waals surface area contributed by atoms with Gasteiger partial charge in [-0.1, -0.05) is 25.1 Å². The first-order chi connectivity index (χ1) is 13.5. The van der Waals surface area contributed by atoms with E-state index in [2.05, 4.69) is 34.6 Å². The van der Waals surface area contributed by atoms with Gasteiger partial charge in [0.25, 0.3) is 0 Å². The number of halogens is 1. The maximum Gasteiger partial charge on any atom is 0.191 e. The molecule has 1 aromatic carbocycles. The van der Waals surface area contributed by atoms with E-state index >= 15 is 0 Å². The maximum atomic E-state index is 14.0. The fourth-order valence-electron chi connectivity index (χ4n) is 3.01. The first kappa shape index (κ1) is 21.9. The van der Waals surface area contributed by atoms with E-state index in [1.165, 1.54) is 6.07 Å². The van der Waals surface area contributed by atoms with E-state index in [4.69, 9.17) is 4.52 Å². The van der Waals surface area contributed by atoms with Crippen LogP contribution in [0.5, 0.6) is 0 Å². The molecule has 2 aromatic rings. The van der Waals surface area contributed by atoms with Gasteiger partial charge in [-0.3, -0.25) is 0 Å². The number of benzene rings is 1. The van der Waals surface area contributed by atoms with Gasteiger partial charge in [0.05, 0.1) is 12.2 Å². The molecule has 0 fully saturated rings. The highest BCUT2D eigenvalue weighted by Crippen LogP contribution is 2.16. The number of aliphatic imine (C=N–C) groups is 1. The summed E-state index contributed by atoms with van der Waals surface area (Å²) in [6, 6.07) is 5.18. The van der Waals surface area contributed by atoms with Crippen LogP contribution < -0.4 is 10.6 Å². The molecule has 0 atom stereocenters. The average molecular weight is 390 g/mol. The fourth-order valence-corrected chi connectivity index (χ4v) is 3.01. The van der Waals surface area contributed by atoms with Gasteiger partial charge in [0, 0.05) is 37.2 Å². The minimum absolute atomic E-state index is 0.182. The number of aromatic nitrogens is 1. The Balaban J connectivity index is 2.09. The number of hydrogen-bond acceptors (Lipinski definition) is 4. The SMILES string of the molecule is CCNC(=NCc1ccc(F)c(CN(C)C)c1)NCc1c(CC)noc1CC. The molecule has 0 spiro atoms. The number of nitrogens with one attached hydrogen (secondary N) is 2. The molecule has 0 saturated carbocycles. The van der Waals surface area contributed by atoms with Crippen LogP contribution in [0.2, 0.25) is 0 Å². The van der Waals surface area contributed by atoms with Gasteiger partial charge >= 0.3 is 0 Å². The highest BCUT2D eigenvalue weighted by atomic mass is 19.1. The molecule has 0 radical (unpaired) electrons. The van der Waals surface area contributed by atoms with Crippen molar-refractivity contribution in [1.29, 1.82) is 0 Å². The molecule has 2 N–H and O–H groups in total. The lowest BCUT2D eigenvalue weighted by Gasteiger charge is -2.13. The van der Waals surface area contributed by atoms with Crippen LogP contribution in [0.15, 0.2) is 27.7 Å². The number of hydrogen-bond donors (Lipinski definition) is 2. The number of guanidine groups is 1. The summed E-state index contributed by atoms with van der Waals surface area (Å²) in [7, 11) is 3.86. The van der Waals surface area contributed by atoms with Crippen molar-refractivity contribution < 1.29 is 8.91 Å². The van der Waals surface area contributed by atoms with Crippen molar-refractivity contribution in [3.05, 3.63) is 52.2 Å². The van der Waals surface area contributed by atoms with E-state index in [-0.39, 0.29) is 5.82 Å². The fraction of sp³-hybridized carbons (Fsp3) is 0.524. The van der Waals surface area contributed by atoms with E-state index in [0.717, 1.165) is 42.0 Å². The van der Waals surface area contributed by atoms with Crippen molar-refractivity contribution in [3.63, 3.8) is 0 Å². The first-order valence-corrected chi connectivity index (χ1v) is 9.88. The van der Waals surface area contributed by atoms with Crippen LogP contribution in [0.1, 0.15) is 48.9 Å². The smallest absolute Gasteiger partial charge is 0.191 e. The van der Waals surface area contributed by atoms with Crippen molar-refractivity contribution in [2.24, 2.45) is 4.99 Å². The van der Waals surface area contributed by atoms with E-state index in [1.54, 1.807) is 6.07 Å². The summed E-state index contributed by atoms with van der Waals surface area (Å²) in [6.07, 6.45) is 1.64. The lowest BCUT2D eigenvalue weighted by atomic mass is 10.1. The molecule has 6 nitrogen and oxygen atoms in total. The molecule has 0 aliphatic rings. The molecule has 2 rings (SSSR count). The molecule has 0 aliphatic carbocycles. The summed E-state index contributed by atoms with van der Waals surface area (Å²) >= 11 is 0. The van der Waals surface area contributed by atoms with E-state index in [9.17, 15) is 4.39 Å². The standard InChI is InChI=1S/C21H32FN5O/c1-6-19-17(20(7-2)28-26-19)13-25-21(23-8-3)24-12-15-9-10-18(22)16(11-15)14-27(4)5/h9-11H,6-8,12-14H2,1-5H3,(H2,23,24,25). The molecular weight excluding hydrogens is 357 g/mol. The van der Waals surface area contributed by atoms with E-state index in [1.807, 2.05) is 32.0 Å². The minimum atomic E-state index is -0.182. The van der Waals surface area contributed by atoms with Gasteiger partial charge in [-0.25, -0.2) is 9.38 Å².